The van der Waals surface area contributed by atoms with Gasteiger partial charge in [0.15, 0.2) is 11.6 Å². The molecule has 0 aliphatic heterocycles. The molecule has 29 heavy (non-hydrogen) atoms. The fourth-order valence-electron chi connectivity index (χ4n) is 2.24. The molecule has 1 aromatic heterocycles. The highest BCUT2D eigenvalue weighted by atomic mass is 19.1. The van der Waals surface area contributed by atoms with Crippen LogP contribution in [0.4, 0.5) is 10.1 Å². The van der Waals surface area contributed by atoms with E-state index in [1.54, 1.807) is 0 Å². The Kier molecular flexibility index (Phi) is 6.99. The second-order valence-electron chi connectivity index (χ2n) is 5.77. The zero-order valence-electron chi connectivity index (χ0n) is 15.4. The van der Waals surface area contributed by atoms with Crippen LogP contribution < -0.4 is 10.5 Å². The molecule has 0 aliphatic rings. The third-order valence-electron chi connectivity index (χ3n) is 3.75. The largest absolute Gasteiger partial charge is 0.506 e. The summed E-state index contributed by atoms with van der Waals surface area (Å²) in [5.41, 5.74) is 5.07. The number of aromatic carboxylic acids is 1. The molecular weight excluding hydrogens is 383 g/mol. The number of hydrogen-bond donors (Lipinski definition) is 5. The number of nitrogen functional groups attached to an aromatic ring is 1. The molecule has 0 saturated carbocycles. The molecule has 0 radical (unpaired) electrons. The minimum Gasteiger partial charge on any atom is -0.506 e. The minimum atomic E-state index is -1.21. The molecule has 0 unspecified atom stereocenters. The molecule has 2 aromatic rings. The Bertz CT molecular complexity index is 973. The molecule has 9 nitrogen and oxygen atoms in total. The van der Waals surface area contributed by atoms with Crippen molar-refractivity contribution in [3.63, 3.8) is 0 Å². The number of anilines is 1. The average molecular weight is 402 g/mol. The normalized spacial score (nSPS) is 11.2. The van der Waals surface area contributed by atoms with Crippen molar-refractivity contribution in [3.05, 3.63) is 64.9 Å². The zero-order valence-corrected chi connectivity index (χ0v) is 15.4. The number of carbonyl (C=O) groups is 1. The topological polar surface area (TPSA) is 163 Å². The van der Waals surface area contributed by atoms with E-state index in [0.29, 0.717) is 0 Å². The first kappa shape index (κ1) is 21.5. The number of nitrogens with two attached hydrogens (primary N) is 1. The van der Waals surface area contributed by atoms with Crippen molar-refractivity contribution in [2.24, 2.45) is 0 Å². The number of rotatable bonds is 9. The summed E-state index contributed by atoms with van der Waals surface area (Å²) in [6.45, 7) is 0.367. The van der Waals surface area contributed by atoms with Crippen molar-refractivity contribution in [1.29, 1.82) is 10.8 Å². The van der Waals surface area contributed by atoms with Crippen LogP contribution in [0.5, 0.6) is 5.75 Å². The molecule has 0 amide bonds. The van der Waals surface area contributed by atoms with Crippen molar-refractivity contribution in [1.82, 2.24) is 4.98 Å². The summed E-state index contributed by atoms with van der Waals surface area (Å²) in [4.78, 5) is 14.5. The maximum atomic E-state index is 14.2. The van der Waals surface area contributed by atoms with Crippen LogP contribution in [0.2, 0.25) is 0 Å². The van der Waals surface area contributed by atoms with Crippen LogP contribution in [0.25, 0.3) is 0 Å². The Morgan fingerprint density at radius 1 is 1.28 bits per heavy atom. The Balaban J connectivity index is 2.21. The van der Waals surface area contributed by atoms with Crippen molar-refractivity contribution >= 4 is 23.1 Å². The molecule has 152 valence electrons. The number of aromatic nitrogens is 1. The first-order valence-corrected chi connectivity index (χ1v) is 8.23. The van der Waals surface area contributed by atoms with Crippen molar-refractivity contribution in [2.45, 2.75) is 0 Å². The second-order valence-corrected chi connectivity index (χ2v) is 5.77. The fourth-order valence-corrected chi connectivity index (χ4v) is 2.24. The SMILES string of the molecule is COCCOc1cc(N)c(C(=N)/C(O)=C/C(=N)c2ccc(C(=O)O)nc2)cc1F. The summed E-state index contributed by atoms with van der Waals surface area (Å²) in [5.74, 6) is -2.73. The summed E-state index contributed by atoms with van der Waals surface area (Å²) < 4.78 is 24.2. The van der Waals surface area contributed by atoms with Crippen molar-refractivity contribution in [2.75, 3.05) is 26.1 Å². The quantitative estimate of drug-likeness (QED) is 0.186. The highest BCUT2D eigenvalue weighted by Crippen LogP contribution is 2.26. The van der Waals surface area contributed by atoms with E-state index >= 15 is 0 Å². The summed E-state index contributed by atoms with van der Waals surface area (Å²) in [7, 11) is 1.47. The van der Waals surface area contributed by atoms with Gasteiger partial charge in [0.1, 0.15) is 23.8 Å². The predicted molar refractivity (Wildman–Crippen MR) is 104 cm³/mol. The maximum Gasteiger partial charge on any atom is 0.354 e. The second kappa shape index (κ2) is 9.42. The minimum absolute atomic E-state index is 0.00257. The highest BCUT2D eigenvalue weighted by Gasteiger charge is 2.16. The van der Waals surface area contributed by atoms with Gasteiger partial charge in [0.25, 0.3) is 0 Å². The van der Waals surface area contributed by atoms with E-state index in [9.17, 15) is 14.3 Å². The molecule has 0 fully saturated rings. The monoisotopic (exact) mass is 402 g/mol. The van der Waals surface area contributed by atoms with Gasteiger partial charge in [-0.1, -0.05) is 0 Å². The zero-order chi connectivity index (χ0) is 21.6. The number of halogens is 1. The third kappa shape index (κ3) is 5.36. The number of benzene rings is 1. The summed E-state index contributed by atoms with van der Waals surface area (Å²) in [5, 5.41) is 35.0. The van der Waals surface area contributed by atoms with E-state index in [1.807, 2.05) is 0 Å². The molecule has 1 heterocycles. The van der Waals surface area contributed by atoms with Crippen molar-refractivity contribution < 1.29 is 28.9 Å². The number of nitrogens with one attached hydrogen (secondary N) is 2. The van der Waals surface area contributed by atoms with Crippen LogP contribution in [0.15, 0.2) is 42.3 Å². The number of aliphatic hydroxyl groups is 1. The van der Waals surface area contributed by atoms with Gasteiger partial charge in [-0.3, -0.25) is 5.41 Å². The molecule has 0 aliphatic carbocycles. The van der Waals surface area contributed by atoms with E-state index in [0.717, 1.165) is 18.3 Å². The van der Waals surface area contributed by atoms with Gasteiger partial charge in [-0.2, -0.15) is 0 Å². The number of carboxylic acids is 1. The molecule has 2 rings (SSSR count). The maximum absolute atomic E-state index is 14.2. The van der Waals surface area contributed by atoms with Gasteiger partial charge in [0, 0.05) is 42.3 Å². The van der Waals surface area contributed by atoms with Gasteiger partial charge < -0.3 is 30.8 Å². The van der Waals surface area contributed by atoms with Gasteiger partial charge in [-0.25, -0.2) is 14.2 Å². The number of allylic oxidation sites excluding steroid dienone is 2. The molecule has 0 spiro atoms. The summed E-state index contributed by atoms with van der Waals surface area (Å²) >= 11 is 0. The summed E-state index contributed by atoms with van der Waals surface area (Å²) in [6, 6.07) is 4.70. The number of aliphatic hydroxyl groups excluding tert-OH is 1. The standard InChI is InChI=1S/C19H19FN4O5/c1-28-4-5-29-17-8-14(22)11(6-12(17)20)18(23)16(25)7-13(21)10-2-3-15(19(26)27)24-9-10/h2-3,6-9,21,23,25H,4-5,22H2,1H3,(H,26,27)/b16-7-,21-13?,23-18?. The van der Waals surface area contributed by atoms with Crippen LogP contribution in [0, 0.1) is 16.6 Å². The Labute approximate surface area is 165 Å². The van der Waals surface area contributed by atoms with Crippen LogP contribution in [-0.4, -0.2) is 52.9 Å². The van der Waals surface area contributed by atoms with Gasteiger partial charge in [0.05, 0.1) is 12.3 Å². The number of pyridine rings is 1. The van der Waals surface area contributed by atoms with E-state index in [1.165, 1.54) is 25.3 Å². The van der Waals surface area contributed by atoms with Gasteiger partial charge in [-0.05, 0) is 18.2 Å². The predicted octanol–water partition coefficient (Wildman–Crippen LogP) is 2.40. The van der Waals surface area contributed by atoms with E-state index in [4.69, 9.17) is 31.1 Å². The van der Waals surface area contributed by atoms with Gasteiger partial charge >= 0.3 is 5.97 Å². The van der Waals surface area contributed by atoms with Crippen LogP contribution >= 0.6 is 0 Å². The lowest BCUT2D eigenvalue weighted by atomic mass is 10.0. The van der Waals surface area contributed by atoms with Crippen LogP contribution in [-0.2, 0) is 4.74 Å². The van der Waals surface area contributed by atoms with Crippen molar-refractivity contribution in [3.8, 4) is 5.75 Å². The molecule has 10 heteroatoms. The lowest BCUT2D eigenvalue weighted by molar-refractivity contribution is 0.0690. The van der Waals surface area contributed by atoms with Crippen LogP contribution in [0.1, 0.15) is 21.6 Å². The lowest BCUT2D eigenvalue weighted by Gasteiger charge is -2.12. The summed E-state index contributed by atoms with van der Waals surface area (Å²) in [6.07, 6.45) is 2.11. The molecule has 6 N–H and O–H groups in total. The third-order valence-corrected chi connectivity index (χ3v) is 3.75. The number of methoxy groups -OCH3 is 1. The first-order valence-electron chi connectivity index (χ1n) is 8.23. The Morgan fingerprint density at radius 2 is 2.00 bits per heavy atom. The number of hydrogen-bond acceptors (Lipinski definition) is 8. The Morgan fingerprint density at radius 3 is 2.59 bits per heavy atom. The molecular formula is C19H19FN4O5. The van der Waals surface area contributed by atoms with E-state index in [2.05, 4.69) is 4.98 Å². The van der Waals surface area contributed by atoms with E-state index in [-0.39, 0.29) is 47.2 Å². The van der Waals surface area contributed by atoms with E-state index < -0.39 is 23.3 Å². The Hall–Kier alpha value is -3.79. The number of ether oxygens (including phenoxy) is 2. The highest BCUT2D eigenvalue weighted by molar-refractivity contribution is 6.17. The number of carboxylic acid groups (broad SMARTS) is 1. The lowest BCUT2D eigenvalue weighted by Crippen LogP contribution is -2.11. The molecule has 0 saturated heterocycles. The fraction of sp³-hybridized carbons (Fsp3) is 0.158. The molecule has 0 atom stereocenters. The number of nitrogens with zero attached hydrogens (tertiary/aromatic N) is 1. The van der Waals surface area contributed by atoms with Gasteiger partial charge in [-0.15, -0.1) is 0 Å². The average Bonchev–Trinajstić information content (AvgIpc) is 2.69. The molecule has 0 bridgehead atoms. The smallest absolute Gasteiger partial charge is 0.354 e. The molecule has 1 aromatic carbocycles. The van der Waals surface area contributed by atoms with Gasteiger partial charge in [0.2, 0.25) is 0 Å². The van der Waals surface area contributed by atoms with Crippen LogP contribution in [0.3, 0.4) is 0 Å². The first-order chi connectivity index (χ1) is 13.7.